The van der Waals surface area contributed by atoms with Crippen molar-refractivity contribution in [1.29, 1.82) is 0 Å². The summed E-state index contributed by atoms with van der Waals surface area (Å²) in [6.45, 7) is 6.18. The highest BCUT2D eigenvalue weighted by Crippen LogP contribution is 2.38. The number of halogens is 2. The minimum atomic E-state index is -0.688. The van der Waals surface area contributed by atoms with Crippen LogP contribution in [0.4, 0.5) is 32.2 Å². The summed E-state index contributed by atoms with van der Waals surface area (Å²) >= 11 is 5.06. The maximum Gasteiger partial charge on any atom is 0.410 e. The van der Waals surface area contributed by atoms with Gasteiger partial charge in [-0.05, 0) is 92.0 Å². The lowest BCUT2D eigenvalue weighted by atomic mass is 10.0. The van der Waals surface area contributed by atoms with Gasteiger partial charge in [0.15, 0.2) is 5.82 Å². The van der Waals surface area contributed by atoms with E-state index in [2.05, 4.69) is 36.9 Å². The maximum atomic E-state index is 15.8. The van der Waals surface area contributed by atoms with Crippen molar-refractivity contribution in [2.45, 2.75) is 45.3 Å². The number of amides is 2. The van der Waals surface area contributed by atoms with Crippen LogP contribution in [0.25, 0.3) is 10.1 Å². The summed E-state index contributed by atoms with van der Waals surface area (Å²) in [7, 11) is 0. The lowest BCUT2D eigenvalue weighted by Gasteiger charge is -2.39. The monoisotopic (exact) mass is 653 g/mol. The summed E-state index contributed by atoms with van der Waals surface area (Å²) in [5, 5.41) is 2.37. The van der Waals surface area contributed by atoms with E-state index < -0.39 is 29.5 Å². The summed E-state index contributed by atoms with van der Waals surface area (Å²) in [6.07, 6.45) is 4.11. The minimum absolute atomic E-state index is 0.102. The zero-order valence-electron chi connectivity index (χ0n) is 23.2. The number of hydrazine groups is 2. The molecule has 1 fully saturated rings. The van der Waals surface area contributed by atoms with Crippen LogP contribution in [0, 0.1) is 5.82 Å². The molecule has 4 aromatic rings. The Labute approximate surface area is 254 Å². The second kappa shape index (κ2) is 11.1. The van der Waals surface area contributed by atoms with Gasteiger partial charge in [-0.25, -0.2) is 24.2 Å². The molecule has 0 radical (unpaired) electrons. The minimum Gasteiger partial charge on any atom is -0.444 e. The first kappa shape index (κ1) is 28.3. The van der Waals surface area contributed by atoms with E-state index in [4.69, 9.17) is 4.74 Å². The second-order valence-corrected chi connectivity index (χ2v) is 13.6. The van der Waals surface area contributed by atoms with Crippen molar-refractivity contribution in [1.82, 2.24) is 20.4 Å². The number of nitrogens with one attached hydrogen (secondary N) is 2. The number of likely N-dealkylation sites (tertiary alicyclic amines) is 1. The molecule has 42 heavy (non-hydrogen) atoms. The Morgan fingerprint density at radius 2 is 2.00 bits per heavy atom. The van der Waals surface area contributed by atoms with Crippen molar-refractivity contribution in [3.05, 3.63) is 70.0 Å². The van der Waals surface area contributed by atoms with E-state index in [1.165, 1.54) is 23.5 Å². The zero-order valence-corrected chi connectivity index (χ0v) is 25.6. The number of hydrogen-bond acceptors (Lipinski definition) is 9. The molecule has 6 rings (SSSR count). The van der Waals surface area contributed by atoms with Crippen molar-refractivity contribution in [2.24, 2.45) is 0 Å². The SMILES string of the molecule is CC(C)(C)OC(=O)N1CCC[C@@H](N(C(=O)c2ccc(N3NNc4cccnc43)cc2F)c2nccc3sc(Br)cc23)C1. The number of anilines is 4. The first-order chi connectivity index (χ1) is 20.1. The molecule has 3 aromatic heterocycles. The van der Waals surface area contributed by atoms with Gasteiger partial charge in [0.1, 0.15) is 17.2 Å². The molecule has 0 aliphatic carbocycles. The van der Waals surface area contributed by atoms with Crippen molar-refractivity contribution in [3.8, 4) is 0 Å². The van der Waals surface area contributed by atoms with Gasteiger partial charge in [-0.15, -0.1) is 16.9 Å². The molecule has 2 aliphatic heterocycles. The Kier molecular flexibility index (Phi) is 7.50. The molecule has 2 aliphatic rings. The van der Waals surface area contributed by atoms with E-state index in [-0.39, 0.29) is 12.1 Å². The highest BCUT2D eigenvalue weighted by atomic mass is 79.9. The van der Waals surface area contributed by atoms with Crippen LogP contribution in [-0.2, 0) is 4.74 Å². The molecule has 2 N–H and O–H groups in total. The Balaban J connectivity index is 1.36. The number of pyridine rings is 2. The van der Waals surface area contributed by atoms with Crippen molar-refractivity contribution >= 4 is 72.4 Å². The van der Waals surface area contributed by atoms with Gasteiger partial charge in [0.05, 0.1) is 26.8 Å². The lowest BCUT2D eigenvalue weighted by molar-refractivity contribution is 0.0196. The molecule has 1 aromatic carbocycles. The van der Waals surface area contributed by atoms with Crippen LogP contribution >= 0.6 is 27.3 Å². The fourth-order valence-corrected chi connectivity index (χ4v) is 6.71. The van der Waals surface area contributed by atoms with E-state index in [0.29, 0.717) is 36.7 Å². The number of aromatic nitrogens is 2. The summed E-state index contributed by atoms with van der Waals surface area (Å²) in [4.78, 5) is 39.4. The molecule has 10 nitrogen and oxygen atoms in total. The van der Waals surface area contributed by atoms with Gasteiger partial charge in [-0.2, -0.15) is 0 Å². The van der Waals surface area contributed by atoms with E-state index in [1.807, 2.05) is 39.0 Å². The molecule has 2 amide bonds. The van der Waals surface area contributed by atoms with E-state index in [1.54, 1.807) is 39.3 Å². The molecule has 0 unspecified atom stereocenters. The topological polar surface area (TPSA) is 103 Å². The van der Waals surface area contributed by atoms with Crippen LogP contribution < -0.4 is 20.9 Å². The van der Waals surface area contributed by atoms with Crippen LogP contribution in [0.3, 0.4) is 0 Å². The van der Waals surface area contributed by atoms with Gasteiger partial charge < -0.3 is 9.64 Å². The third kappa shape index (κ3) is 5.51. The van der Waals surface area contributed by atoms with Crippen LogP contribution in [-0.4, -0.2) is 51.6 Å². The number of piperidine rings is 1. The molecular weight excluding hydrogens is 625 g/mol. The Hall–Kier alpha value is -3.81. The number of nitrogens with zero attached hydrogens (tertiary/aromatic N) is 5. The maximum absolute atomic E-state index is 15.8. The summed E-state index contributed by atoms with van der Waals surface area (Å²) in [5.74, 6) is -0.223. The largest absolute Gasteiger partial charge is 0.444 e. The molecule has 1 atom stereocenters. The van der Waals surface area contributed by atoms with Crippen LogP contribution in [0.1, 0.15) is 44.0 Å². The number of benzene rings is 1. The molecule has 0 spiro atoms. The van der Waals surface area contributed by atoms with Gasteiger partial charge in [0.2, 0.25) is 0 Å². The molecule has 1 saturated heterocycles. The number of carbonyl (C=O) groups is 2. The van der Waals surface area contributed by atoms with Crippen LogP contribution in [0.5, 0.6) is 0 Å². The van der Waals surface area contributed by atoms with Crippen molar-refractivity contribution in [3.63, 3.8) is 0 Å². The normalized spacial score (nSPS) is 16.7. The van der Waals surface area contributed by atoms with E-state index >= 15 is 4.39 Å². The van der Waals surface area contributed by atoms with Gasteiger partial charge >= 0.3 is 6.09 Å². The molecular formula is C29H29BrFN7O3S. The molecule has 5 heterocycles. The Bertz CT molecular complexity index is 1680. The number of rotatable bonds is 4. The van der Waals surface area contributed by atoms with Crippen molar-refractivity contribution < 1.29 is 18.7 Å². The number of ether oxygens (including phenoxy) is 1. The standard InChI is InChI=1S/C29H29BrFN7O3S/c1-29(2,3)41-28(40)36-13-5-6-18(16-36)37(25-20-15-24(30)42-23(20)10-12-33-25)27(39)19-9-8-17(14-21(19)31)38-26-22(34-35-38)7-4-11-32-26/h4,7-12,14-15,18,34-35H,5-6,13,16H2,1-3H3/t18-/m1/s1. The molecule has 0 saturated carbocycles. The quantitative estimate of drug-likeness (QED) is 0.253. The van der Waals surface area contributed by atoms with Crippen LogP contribution in [0.2, 0.25) is 0 Å². The predicted molar refractivity (Wildman–Crippen MR) is 164 cm³/mol. The first-order valence-electron chi connectivity index (χ1n) is 13.5. The summed E-state index contributed by atoms with van der Waals surface area (Å²) in [5.41, 5.74) is 6.42. The smallest absolute Gasteiger partial charge is 0.410 e. The Morgan fingerprint density at radius 1 is 1.17 bits per heavy atom. The summed E-state index contributed by atoms with van der Waals surface area (Å²) < 4.78 is 23.3. The predicted octanol–water partition coefficient (Wildman–Crippen LogP) is 6.62. The average Bonchev–Trinajstić information content (AvgIpc) is 3.55. The zero-order chi connectivity index (χ0) is 29.6. The molecule has 13 heteroatoms. The molecule has 0 bridgehead atoms. The number of thiophene rings is 1. The van der Waals surface area contributed by atoms with E-state index in [9.17, 15) is 9.59 Å². The lowest BCUT2D eigenvalue weighted by Crippen LogP contribution is -2.53. The van der Waals surface area contributed by atoms with Crippen LogP contribution in [0.15, 0.2) is 58.6 Å². The van der Waals surface area contributed by atoms with Gasteiger partial charge in [-0.3, -0.25) is 15.1 Å². The van der Waals surface area contributed by atoms with Crippen molar-refractivity contribution in [2.75, 3.05) is 28.4 Å². The number of carbonyl (C=O) groups excluding carboxylic acids is 2. The fourth-order valence-electron chi connectivity index (χ4n) is 5.18. The van der Waals surface area contributed by atoms with Gasteiger partial charge in [-0.1, -0.05) is 0 Å². The average molecular weight is 655 g/mol. The fraction of sp³-hybridized carbons (Fsp3) is 0.310. The summed E-state index contributed by atoms with van der Waals surface area (Å²) in [6, 6.07) is 11.4. The van der Waals surface area contributed by atoms with E-state index in [0.717, 1.165) is 19.6 Å². The van der Waals surface area contributed by atoms with Gasteiger partial charge in [0.25, 0.3) is 5.91 Å². The third-order valence-electron chi connectivity index (χ3n) is 7.00. The number of hydrogen-bond donors (Lipinski definition) is 2. The second-order valence-electron chi connectivity index (χ2n) is 11.1. The number of fused-ring (bicyclic) bond motifs is 2. The third-order valence-corrected chi connectivity index (χ3v) is 8.60. The Morgan fingerprint density at radius 3 is 2.79 bits per heavy atom. The molecule has 218 valence electrons. The highest BCUT2D eigenvalue weighted by molar-refractivity contribution is 9.11. The highest BCUT2D eigenvalue weighted by Gasteiger charge is 2.36. The first-order valence-corrected chi connectivity index (χ1v) is 15.1. The van der Waals surface area contributed by atoms with Gasteiger partial charge in [0, 0.05) is 35.6 Å².